The molecule has 1 aromatic carbocycles. The fraction of sp³-hybridized carbons (Fsp3) is 0.588. The summed E-state index contributed by atoms with van der Waals surface area (Å²) in [6.07, 6.45) is 3.26. The van der Waals surface area contributed by atoms with Crippen LogP contribution in [0.4, 0.5) is 0 Å². The van der Waals surface area contributed by atoms with Crippen molar-refractivity contribution >= 4 is 32.0 Å². The molecule has 3 aliphatic carbocycles. The lowest BCUT2D eigenvalue weighted by molar-refractivity contribution is -0.150. The van der Waals surface area contributed by atoms with Crippen LogP contribution < -0.4 is 4.52 Å². The van der Waals surface area contributed by atoms with Crippen molar-refractivity contribution in [3.05, 3.63) is 29.3 Å². The summed E-state index contributed by atoms with van der Waals surface area (Å²) >= 11 is 0. The van der Waals surface area contributed by atoms with Crippen molar-refractivity contribution in [1.29, 1.82) is 0 Å². The standard InChI is InChI=1S/C17H23BO5P2/c1-17(2)10-6-12(17)15-13(7-10)20-18(21-15)8-9-4-3-5-11(14(9)22-24)16(19)23-25/h3-5,10,12-13,15H,6-8,24-25H2,1-2H3. The maximum atomic E-state index is 11.9. The van der Waals surface area contributed by atoms with Crippen LogP contribution in [-0.2, 0) is 20.2 Å². The van der Waals surface area contributed by atoms with E-state index in [1.54, 1.807) is 6.07 Å². The summed E-state index contributed by atoms with van der Waals surface area (Å²) in [5, 5.41) is 0. The van der Waals surface area contributed by atoms with Crippen molar-refractivity contribution in [1.82, 2.24) is 0 Å². The van der Waals surface area contributed by atoms with Crippen LogP contribution in [-0.4, -0.2) is 25.3 Å². The number of carbonyl (C=O) groups is 1. The van der Waals surface area contributed by atoms with E-state index in [9.17, 15) is 4.79 Å². The minimum absolute atomic E-state index is 0.186. The van der Waals surface area contributed by atoms with Gasteiger partial charge >= 0.3 is 13.1 Å². The molecule has 0 N–H and O–H groups in total. The minimum Gasteiger partial charge on any atom is -0.479 e. The number of benzene rings is 1. The van der Waals surface area contributed by atoms with Crippen LogP contribution in [0.1, 0.15) is 42.6 Å². The van der Waals surface area contributed by atoms with Crippen LogP contribution in [0.5, 0.6) is 5.75 Å². The highest BCUT2D eigenvalue weighted by Gasteiger charge is 2.61. The first-order valence-electron chi connectivity index (χ1n) is 8.66. The molecule has 4 aliphatic rings. The number of carbonyl (C=O) groups excluding carboxylic acids is 1. The summed E-state index contributed by atoms with van der Waals surface area (Å²) in [5.41, 5.74) is 1.62. The van der Waals surface area contributed by atoms with Gasteiger partial charge in [-0.05, 0) is 41.7 Å². The van der Waals surface area contributed by atoms with E-state index in [0.29, 0.717) is 29.0 Å². The van der Waals surface area contributed by atoms with Gasteiger partial charge in [-0.15, -0.1) is 0 Å². The Labute approximate surface area is 153 Å². The highest BCUT2D eigenvalue weighted by molar-refractivity contribution is 7.11. The van der Waals surface area contributed by atoms with Gasteiger partial charge < -0.3 is 18.4 Å². The number of rotatable bonds is 4. The van der Waals surface area contributed by atoms with Crippen LogP contribution in [0.3, 0.4) is 0 Å². The van der Waals surface area contributed by atoms with Gasteiger partial charge in [-0.1, -0.05) is 26.0 Å². The van der Waals surface area contributed by atoms with Gasteiger partial charge in [-0.3, -0.25) is 0 Å². The van der Waals surface area contributed by atoms with Gasteiger partial charge in [0.25, 0.3) is 0 Å². The van der Waals surface area contributed by atoms with Gasteiger partial charge in [0.05, 0.1) is 31.1 Å². The van der Waals surface area contributed by atoms with Crippen LogP contribution in [0.2, 0.25) is 0 Å². The first-order chi connectivity index (χ1) is 12.0. The number of hydrogen-bond acceptors (Lipinski definition) is 5. The predicted octanol–water partition coefficient (Wildman–Crippen LogP) is 3.22. The van der Waals surface area contributed by atoms with Crippen molar-refractivity contribution in [2.75, 3.05) is 0 Å². The molecule has 5 rings (SSSR count). The van der Waals surface area contributed by atoms with E-state index >= 15 is 0 Å². The van der Waals surface area contributed by atoms with E-state index < -0.39 is 5.97 Å². The van der Waals surface area contributed by atoms with Crippen molar-refractivity contribution in [2.45, 2.75) is 45.2 Å². The lowest BCUT2D eigenvalue weighted by Crippen LogP contribution is -2.59. The normalized spacial score (nSPS) is 31.9. The summed E-state index contributed by atoms with van der Waals surface area (Å²) in [7, 11) is 3.87. The Bertz CT molecular complexity index is 698. The van der Waals surface area contributed by atoms with Crippen molar-refractivity contribution < 1.29 is 23.2 Å². The third kappa shape index (κ3) is 2.82. The fourth-order valence-electron chi connectivity index (χ4n) is 4.79. The molecule has 134 valence electrons. The van der Waals surface area contributed by atoms with Crippen LogP contribution in [0, 0.1) is 17.3 Å². The molecule has 4 fully saturated rings. The lowest BCUT2D eigenvalue weighted by Gasteiger charge is -2.60. The molecule has 1 saturated heterocycles. The Kier molecular flexibility index (Phi) is 4.61. The molecule has 0 radical (unpaired) electrons. The van der Waals surface area contributed by atoms with Gasteiger partial charge in [-0.2, -0.15) is 0 Å². The van der Waals surface area contributed by atoms with Crippen LogP contribution in [0.25, 0.3) is 0 Å². The second-order valence-corrected chi connectivity index (χ2v) is 8.29. The average Bonchev–Trinajstić information content (AvgIpc) is 3.02. The maximum absolute atomic E-state index is 11.9. The van der Waals surface area contributed by atoms with Crippen molar-refractivity contribution in [2.24, 2.45) is 17.3 Å². The van der Waals surface area contributed by atoms with Gasteiger partial charge in [-0.25, -0.2) is 4.79 Å². The largest absolute Gasteiger partial charge is 0.479 e. The topological polar surface area (TPSA) is 54.0 Å². The summed E-state index contributed by atoms with van der Waals surface area (Å²) in [6.45, 7) is 4.69. The highest BCUT2D eigenvalue weighted by Crippen LogP contribution is 2.61. The molecule has 0 aromatic heterocycles. The molecule has 1 aliphatic heterocycles. The SMILES string of the molecule is CC1(C)C2CC3OB(Cc4cccc(C(=O)OP)c4OP)OC3C1C2. The lowest BCUT2D eigenvalue weighted by atomic mass is 9.47. The van der Waals surface area contributed by atoms with E-state index in [1.807, 2.05) is 21.6 Å². The monoisotopic (exact) mass is 380 g/mol. The van der Waals surface area contributed by atoms with E-state index in [4.69, 9.17) is 18.4 Å². The first kappa shape index (κ1) is 17.7. The van der Waals surface area contributed by atoms with Crippen LogP contribution >= 0.6 is 18.9 Å². The maximum Gasteiger partial charge on any atom is 0.462 e. The third-order valence-electron chi connectivity index (χ3n) is 6.39. The Morgan fingerprint density at radius 1 is 1.32 bits per heavy atom. The van der Waals surface area contributed by atoms with Gasteiger partial charge in [0, 0.05) is 6.32 Å². The van der Waals surface area contributed by atoms with Gasteiger partial charge in [0.2, 0.25) is 0 Å². The Hall–Kier alpha value is -0.665. The van der Waals surface area contributed by atoms with Crippen LogP contribution in [0.15, 0.2) is 18.2 Å². The van der Waals surface area contributed by atoms with Gasteiger partial charge in [0.15, 0.2) is 0 Å². The molecule has 1 aromatic rings. The summed E-state index contributed by atoms with van der Waals surface area (Å²) < 4.78 is 22.6. The third-order valence-corrected chi connectivity index (χ3v) is 6.84. The molecular formula is C17H23BO5P2. The van der Waals surface area contributed by atoms with E-state index in [1.165, 1.54) is 6.42 Å². The van der Waals surface area contributed by atoms with E-state index in [-0.39, 0.29) is 19.3 Å². The molecule has 8 heteroatoms. The number of para-hydroxylation sites is 1. The average molecular weight is 380 g/mol. The minimum atomic E-state index is -0.450. The smallest absolute Gasteiger partial charge is 0.462 e. The second-order valence-electron chi connectivity index (χ2n) is 7.82. The summed E-state index contributed by atoms with van der Waals surface area (Å²) in [4.78, 5) is 11.9. The molecule has 5 nitrogen and oxygen atoms in total. The first-order valence-corrected chi connectivity index (χ1v) is 9.60. The quantitative estimate of drug-likeness (QED) is 0.593. The second kappa shape index (κ2) is 6.49. The fourth-order valence-corrected chi connectivity index (χ4v) is 5.20. The van der Waals surface area contributed by atoms with Gasteiger partial charge in [0.1, 0.15) is 11.3 Å². The zero-order valence-corrected chi connectivity index (χ0v) is 16.7. The molecule has 1 heterocycles. The molecule has 3 saturated carbocycles. The summed E-state index contributed by atoms with van der Waals surface area (Å²) in [5.74, 6) is 1.37. The Balaban J connectivity index is 1.52. The van der Waals surface area contributed by atoms with E-state index in [2.05, 4.69) is 23.3 Å². The number of hydrogen-bond donors (Lipinski definition) is 0. The molecule has 0 spiro atoms. The predicted molar refractivity (Wildman–Crippen MR) is 101 cm³/mol. The molecule has 25 heavy (non-hydrogen) atoms. The molecule has 0 amide bonds. The molecule has 2 bridgehead atoms. The zero-order chi connectivity index (χ0) is 17.8. The Morgan fingerprint density at radius 3 is 2.80 bits per heavy atom. The van der Waals surface area contributed by atoms with E-state index in [0.717, 1.165) is 17.9 Å². The molecular weight excluding hydrogens is 357 g/mol. The molecule has 6 unspecified atom stereocenters. The Morgan fingerprint density at radius 2 is 2.12 bits per heavy atom. The summed E-state index contributed by atoms with van der Waals surface area (Å²) in [6, 6.07) is 5.43. The van der Waals surface area contributed by atoms with Crippen molar-refractivity contribution in [3.63, 3.8) is 0 Å². The van der Waals surface area contributed by atoms with Crippen molar-refractivity contribution in [3.8, 4) is 5.75 Å². The highest BCUT2D eigenvalue weighted by atomic mass is 31.0. The zero-order valence-electron chi connectivity index (χ0n) is 14.4. The molecule has 6 atom stereocenters.